The molecule has 6 nitrogen and oxygen atoms in total. The molecular formula is C15H20N6. The molecule has 1 aliphatic heterocycles. The van der Waals surface area contributed by atoms with Gasteiger partial charge in [-0.25, -0.2) is 0 Å². The van der Waals surface area contributed by atoms with E-state index in [9.17, 15) is 0 Å². The second kappa shape index (κ2) is 5.95. The Morgan fingerprint density at radius 2 is 1.81 bits per heavy atom. The highest BCUT2D eigenvalue weighted by molar-refractivity contribution is 5.59. The quantitative estimate of drug-likeness (QED) is 0.901. The molecule has 110 valence electrons. The number of nitrogen functional groups attached to an aromatic ring is 1. The van der Waals surface area contributed by atoms with Crippen molar-refractivity contribution in [1.29, 1.82) is 0 Å². The molecule has 3 rings (SSSR count). The van der Waals surface area contributed by atoms with Gasteiger partial charge in [-0.15, -0.1) is 0 Å². The van der Waals surface area contributed by atoms with Crippen molar-refractivity contribution in [3.8, 4) is 0 Å². The van der Waals surface area contributed by atoms with Crippen LogP contribution in [-0.2, 0) is 0 Å². The third-order valence-corrected chi connectivity index (χ3v) is 3.67. The SMILES string of the molecule is Cc1ccccc1Nc1nc(N)nc(N2CCCCC2)n1. The molecule has 0 spiro atoms. The van der Waals surface area contributed by atoms with Crippen LogP contribution in [0.3, 0.4) is 0 Å². The molecule has 0 aliphatic carbocycles. The van der Waals surface area contributed by atoms with Crippen molar-refractivity contribution in [1.82, 2.24) is 15.0 Å². The first kappa shape index (κ1) is 13.6. The van der Waals surface area contributed by atoms with E-state index in [4.69, 9.17) is 5.73 Å². The van der Waals surface area contributed by atoms with Crippen molar-refractivity contribution >= 4 is 23.5 Å². The average Bonchev–Trinajstić information content (AvgIpc) is 2.50. The minimum Gasteiger partial charge on any atom is -0.368 e. The maximum Gasteiger partial charge on any atom is 0.233 e. The topological polar surface area (TPSA) is 80.0 Å². The Morgan fingerprint density at radius 3 is 2.57 bits per heavy atom. The minimum atomic E-state index is 0.252. The molecule has 0 unspecified atom stereocenters. The predicted octanol–water partition coefficient (Wildman–Crippen LogP) is 2.50. The Kier molecular flexibility index (Phi) is 3.85. The molecular weight excluding hydrogens is 264 g/mol. The monoisotopic (exact) mass is 284 g/mol. The highest BCUT2D eigenvalue weighted by Crippen LogP contribution is 2.21. The second-order valence-corrected chi connectivity index (χ2v) is 5.30. The number of benzene rings is 1. The molecule has 3 N–H and O–H groups in total. The van der Waals surface area contributed by atoms with Crippen LogP contribution >= 0.6 is 0 Å². The molecule has 1 aliphatic rings. The first-order valence-electron chi connectivity index (χ1n) is 7.31. The summed E-state index contributed by atoms with van der Waals surface area (Å²) in [4.78, 5) is 15.1. The Morgan fingerprint density at radius 1 is 1.05 bits per heavy atom. The van der Waals surface area contributed by atoms with Crippen LogP contribution in [0.1, 0.15) is 24.8 Å². The van der Waals surface area contributed by atoms with Crippen LogP contribution < -0.4 is 16.0 Å². The fraction of sp³-hybridized carbons (Fsp3) is 0.400. The Labute approximate surface area is 124 Å². The lowest BCUT2D eigenvalue weighted by atomic mass is 10.1. The van der Waals surface area contributed by atoms with Crippen molar-refractivity contribution in [2.45, 2.75) is 26.2 Å². The number of piperidine rings is 1. The number of nitrogens with one attached hydrogen (secondary N) is 1. The summed E-state index contributed by atoms with van der Waals surface area (Å²) in [5.41, 5.74) is 7.94. The van der Waals surface area contributed by atoms with Crippen molar-refractivity contribution in [2.24, 2.45) is 0 Å². The molecule has 1 aromatic heterocycles. The molecule has 6 heteroatoms. The van der Waals surface area contributed by atoms with Gasteiger partial charge in [0.25, 0.3) is 0 Å². The van der Waals surface area contributed by atoms with Gasteiger partial charge < -0.3 is 16.0 Å². The van der Waals surface area contributed by atoms with E-state index in [0.717, 1.165) is 24.3 Å². The number of hydrogen-bond donors (Lipinski definition) is 2. The molecule has 0 radical (unpaired) electrons. The zero-order chi connectivity index (χ0) is 14.7. The van der Waals surface area contributed by atoms with Crippen LogP contribution in [0.25, 0.3) is 0 Å². The van der Waals surface area contributed by atoms with Gasteiger partial charge >= 0.3 is 0 Å². The molecule has 1 aromatic carbocycles. The van der Waals surface area contributed by atoms with E-state index in [1.54, 1.807) is 0 Å². The van der Waals surface area contributed by atoms with Gasteiger partial charge in [-0.1, -0.05) is 18.2 Å². The van der Waals surface area contributed by atoms with E-state index in [0.29, 0.717) is 11.9 Å². The van der Waals surface area contributed by atoms with Crippen LogP contribution in [0.5, 0.6) is 0 Å². The van der Waals surface area contributed by atoms with Crippen LogP contribution in [0.2, 0.25) is 0 Å². The van der Waals surface area contributed by atoms with Gasteiger partial charge in [0.2, 0.25) is 17.8 Å². The highest BCUT2D eigenvalue weighted by atomic mass is 15.3. The van der Waals surface area contributed by atoms with E-state index in [-0.39, 0.29) is 5.95 Å². The number of nitrogens with zero attached hydrogens (tertiary/aromatic N) is 4. The predicted molar refractivity (Wildman–Crippen MR) is 84.8 cm³/mol. The molecule has 0 atom stereocenters. The summed E-state index contributed by atoms with van der Waals surface area (Å²) in [5, 5.41) is 3.22. The lowest BCUT2D eigenvalue weighted by molar-refractivity contribution is 0.568. The van der Waals surface area contributed by atoms with Gasteiger partial charge in [-0.3, -0.25) is 0 Å². The lowest BCUT2D eigenvalue weighted by Crippen LogP contribution is -2.31. The van der Waals surface area contributed by atoms with Gasteiger partial charge in [0.1, 0.15) is 0 Å². The van der Waals surface area contributed by atoms with Gasteiger partial charge in [-0.2, -0.15) is 15.0 Å². The smallest absolute Gasteiger partial charge is 0.233 e. The number of anilines is 4. The zero-order valence-electron chi connectivity index (χ0n) is 12.2. The summed E-state index contributed by atoms with van der Waals surface area (Å²) in [6, 6.07) is 8.02. The van der Waals surface area contributed by atoms with Crippen LogP contribution in [0.4, 0.5) is 23.5 Å². The molecule has 2 aromatic rings. The number of rotatable bonds is 3. The maximum absolute atomic E-state index is 5.83. The van der Waals surface area contributed by atoms with Crippen LogP contribution in [0, 0.1) is 6.92 Å². The van der Waals surface area contributed by atoms with Crippen molar-refractivity contribution < 1.29 is 0 Å². The first-order valence-corrected chi connectivity index (χ1v) is 7.31. The third kappa shape index (κ3) is 3.21. The molecule has 2 heterocycles. The first-order chi connectivity index (χ1) is 10.2. The molecule has 21 heavy (non-hydrogen) atoms. The van der Waals surface area contributed by atoms with Crippen LogP contribution in [-0.4, -0.2) is 28.0 Å². The van der Waals surface area contributed by atoms with Gasteiger partial charge in [0, 0.05) is 18.8 Å². The molecule has 0 bridgehead atoms. The van der Waals surface area contributed by atoms with E-state index in [2.05, 4.69) is 25.2 Å². The largest absolute Gasteiger partial charge is 0.368 e. The van der Waals surface area contributed by atoms with Gasteiger partial charge in [-0.05, 0) is 37.8 Å². The number of hydrogen-bond acceptors (Lipinski definition) is 6. The minimum absolute atomic E-state index is 0.252. The van der Waals surface area contributed by atoms with Crippen molar-refractivity contribution in [3.05, 3.63) is 29.8 Å². The maximum atomic E-state index is 5.83. The van der Waals surface area contributed by atoms with Gasteiger partial charge in [0.05, 0.1) is 0 Å². The zero-order valence-corrected chi connectivity index (χ0v) is 12.2. The summed E-state index contributed by atoms with van der Waals surface area (Å²) < 4.78 is 0. The molecule has 0 saturated carbocycles. The number of para-hydroxylation sites is 1. The summed E-state index contributed by atoms with van der Waals surface area (Å²) in [7, 11) is 0. The fourth-order valence-corrected chi connectivity index (χ4v) is 2.51. The van der Waals surface area contributed by atoms with Crippen molar-refractivity contribution in [2.75, 3.05) is 29.0 Å². The van der Waals surface area contributed by atoms with Crippen molar-refractivity contribution in [3.63, 3.8) is 0 Å². The van der Waals surface area contributed by atoms with E-state index in [1.165, 1.54) is 19.3 Å². The van der Waals surface area contributed by atoms with Crippen LogP contribution in [0.15, 0.2) is 24.3 Å². The van der Waals surface area contributed by atoms with E-state index < -0.39 is 0 Å². The van der Waals surface area contributed by atoms with E-state index >= 15 is 0 Å². The average molecular weight is 284 g/mol. The standard InChI is InChI=1S/C15H20N6/c1-11-7-3-4-8-12(11)17-14-18-13(16)19-15(20-14)21-9-5-2-6-10-21/h3-4,7-8H,2,5-6,9-10H2,1H3,(H3,16,17,18,19,20). The summed E-state index contributed by atoms with van der Waals surface area (Å²) in [5.74, 6) is 1.41. The van der Waals surface area contributed by atoms with E-state index in [1.807, 2.05) is 31.2 Å². The Hall–Kier alpha value is -2.37. The molecule has 1 fully saturated rings. The molecule has 1 saturated heterocycles. The second-order valence-electron chi connectivity index (χ2n) is 5.30. The fourth-order valence-electron chi connectivity index (χ4n) is 2.51. The summed E-state index contributed by atoms with van der Waals surface area (Å²) >= 11 is 0. The third-order valence-electron chi connectivity index (χ3n) is 3.67. The number of aryl methyl sites for hydroxylation is 1. The Balaban J connectivity index is 1.85. The molecule has 0 amide bonds. The van der Waals surface area contributed by atoms with Gasteiger partial charge in [0.15, 0.2) is 0 Å². The Bertz CT molecular complexity index is 621. The highest BCUT2D eigenvalue weighted by Gasteiger charge is 2.15. The normalized spacial score (nSPS) is 15.0. The number of aromatic nitrogens is 3. The summed E-state index contributed by atoms with van der Waals surface area (Å²) in [6.07, 6.45) is 3.61. The number of nitrogens with two attached hydrogens (primary N) is 1. The summed E-state index contributed by atoms with van der Waals surface area (Å²) in [6.45, 7) is 4.00. The lowest BCUT2D eigenvalue weighted by Gasteiger charge is -2.26.